The molecule has 0 bridgehead atoms. The number of ether oxygens (including phenoxy) is 3. The molecule has 1 aromatic carbocycles. The summed E-state index contributed by atoms with van der Waals surface area (Å²) in [6, 6.07) is 6.81. The van der Waals surface area contributed by atoms with E-state index in [9.17, 15) is 19.2 Å². The zero-order valence-electron chi connectivity index (χ0n) is 21.5. The topological polar surface area (TPSA) is 189 Å². The molecule has 0 fully saturated rings. The van der Waals surface area contributed by atoms with Crippen LogP contribution < -0.4 is 26.3 Å². The summed E-state index contributed by atoms with van der Waals surface area (Å²) in [5.74, 6) is -2.24. The van der Waals surface area contributed by atoms with Gasteiger partial charge in [-0.15, -0.1) is 0 Å². The fourth-order valence-corrected chi connectivity index (χ4v) is 4.45. The Morgan fingerprint density at radius 1 is 1.13 bits per heavy atom. The maximum atomic E-state index is 14.0. The number of methoxy groups -OCH3 is 2. The van der Waals surface area contributed by atoms with E-state index >= 15 is 0 Å². The van der Waals surface area contributed by atoms with Crippen LogP contribution in [0.15, 0.2) is 42.7 Å². The quantitative estimate of drug-likeness (QED) is 0.274. The van der Waals surface area contributed by atoms with E-state index in [1.807, 2.05) is 0 Å². The molecular formula is C25H28N6O7S. The van der Waals surface area contributed by atoms with Crippen molar-refractivity contribution < 1.29 is 33.4 Å². The zero-order valence-corrected chi connectivity index (χ0v) is 22.3. The number of pyridine rings is 1. The number of carbonyl (C=O) groups is 4. The highest BCUT2D eigenvalue weighted by Crippen LogP contribution is 2.35. The molecule has 0 radical (unpaired) electrons. The molecule has 1 atom stereocenters. The minimum atomic E-state index is -1.30. The number of primary amides is 1. The molecule has 14 heteroatoms. The average molecular weight is 557 g/mol. The van der Waals surface area contributed by atoms with E-state index in [0.717, 1.165) is 0 Å². The lowest BCUT2D eigenvalue weighted by atomic mass is 10.0. The SMILES string of the molecule is CCOC(=O)CNC(=O)[C@@H](c1ccc(OC)c(OC)c1)N(Cc1cccnc1)C(=O)c1snc(C(N)=O)c1N. The van der Waals surface area contributed by atoms with E-state index in [1.165, 1.54) is 25.3 Å². The molecule has 0 saturated carbocycles. The maximum absolute atomic E-state index is 14.0. The number of nitrogens with one attached hydrogen (secondary N) is 1. The van der Waals surface area contributed by atoms with E-state index in [2.05, 4.69) is 14.7 Å². The van der Waals surface area contributed by atoms with Gasteiger partial charge in [0.25, 0.3) is 11.8 Å². The predicted molar refractivity (Wildman–Crippen MR) is 141 cm³/mol. The van der Waals surface area contributed by atoms with Crippen molar-refractivity contribution in [1.29, 1.82) is 0 Å². The molecule has 2 aromatic heterocycles. The van der Waals surface area contributed by atoms with Crippen molar-refractivity contribution in [3.63, 3.8) is 0 Å². The number of nitrogen functional groups attached to an aromatic ring is 1. The molecule has 206 valence electrons. The summed E-state index contributed by atoms with van der Waals surface area (Å²) in [5.41, 5.74) is 11.9. The molecular weight excluding hydrogens is 528 g/mol. The molecule has 0 spiro atoms. The molecule has 13 nitrogen and oxygen atoms in total. The van der Waals surface area contributed by atoms with E-state index in [1.54, 1.807) is 43.5 Å². The van der Waals surface area contributed by atoms with Crippen LogP contribution in [0, 0.1) is 0 Å². The van der Waals surface area contributed by atoms with E-state index < -0.39 is 36.3 Å². The van der Waals surface area contributed by atoms with Crippen LogP contribution in [0.25, 0.3) is 0 Å². The number of nitrogens with two attached hydrogens (primary N) is 2. The second kappa shape index (κ2) is 13.2. The lowest BCUT2D eigenvalue weighted by Crippen LogP contribution is -2.44. The van der Waals surface area contributed by atoms with Gasteiger partial charge in [-0.05, 0) is 47.8 Å². The highest BCUT2D eigenvalue weighted by molar-refractivity contribution is 7.09. The second-order valence-electron chi connectivity index (χ2n) is 7.97. The van der Waals surface area contributed by atoms with Crippen molar-refractivity contribution in [3.05, 3.63) is 64.4 Å². The van der Waals surface area contributed by atoms with E-state index in [4.69, 9.17) is 25.7 Å². The van der Waals surface area contributed by atoms with Gasteiger partial charge in [0.2, 0.25) is 5.91 Å². The third kappa shape index (κ3) is 6.78. The lowest BCUT2D eigenvalue weighted by molar-refractivity contribution is -0.143. The second-order valence-corrected chi connectivity index (χ2v) is 8.75. The van der Waals surface area contributed by atoms with Gasteiger partial charge in [0.15, 0.2) is 17.2 Å². The first kappa shape index (κ1) is 28.8. The molecule has 0 aliphatic carbocycles. The lowest BCUT2D eigenvalue weighted by Gasteiger charge is -2.31. The number of hydrogen-bond donors (Lipinski definition) is 3. The fraction of sp³-hybridized carbons (Fsp3) is 0.280. The number of carbonyl (C=O) groups excluding carboxylic acids is 4. The standard InChI is InChI=1S/C25H28N6O7S/c1-4-38-18(32)12-29-24(34)21(15-7-8-16(36-2)17(10-15)37-3)31(13-14-6-5-9-28-11-14)25(35)22-19(26)20(23(27)33)30-39-22/h5-11,21H,4,12-13,26H2,1-3H3,(H2,27,33)(H,29,34)/t21-/m1/s1. The molecule has 0 aliphatic rings. The van der Waals surface area contributed by atoms with Crippen LogP contribution in [-0.2, 0) is 20.9 Å². The molecule has 3 aromatic rings. The van der Waals surface area contributed by atoms with Crippen LogP contribution in [0.2, 0.25) is 0 Å². The van der Waals surface area contributed by atoms with Gasteiger partial charge in [0.05, 0.1) is 26.5 Å². The molecule has 5 N–H and O–H groups in total. The summed E-state index contributed by atoms with van der Waals surface area (Å²) >= 11 is 0.681. The molecule has 0 aliphatic heterocycles. The van der Waals surface area contributed by atoms with Crippen LogP contribution >= 0.6 is 11.5 Å². The van der Waals surface area contributed by atoms with Crippen molar-refractivity contribution in [2.45, 2.75) is 19.5 Å². The Bertz CT molecular complexity index is 1350. The van der Waals surface area contributed by atoms with Crippen molar-refractivity contribution in [2.75, 3.05) is 33.1 Å². The normalized spacial score (nSPS) is 11.3. The predicted octanol–water partition coefficient (Wildman–Crippen LogP) is 1.30. The van der Waals surface area contributed by atoms with Crippen LogP contribution in [-0.4, -0.2) is 65.3 Å². The minimum Gasteiger partial charge on any atom is -0.493 e. The number of amides is 3. The largest absolute Gasteiger partial charge is 0.493 e. The van der Waals surface area contributed by atoms with Crippen LogP contribution in [0.3, 0.4) is 0 Å². The number of anilines is 1. The van der Waals surface area contributed by atoms with Gasteiger partial charge in [-0.25, -0.2) is 0 Å². The summed E-state index contributed by atoms with van der Waals surface area (Å²) in [7, 11) is 2.89. The Morgan fingerprint density at radius 2 is 1.87 bits per heavy atom. The third-order valence-corrected chi connectivity index (χ3v) is 6.34. The Labute approximate surface area is 228 Å². The third-order valence-electron chi connectivity index (χ3n) is 5.49. The highest BCUT2D eigenvalue weighted by Gasteiger charge is 2.35. The fourth-order valence-electron chi connectivity index (χ4n) is 3.69. The molecule has 0 unspecified atom stereocenters. The summed E-state index contributed by atoms with van der Waals surface area (Å²) in [4.78, 5) is 56.6. The van der Waals surface area contributed by atoms with E-state index in [0.29, 0.717) is 34.2 Å². The van der Waals surface area contributed by atoms with E-state index in [-0.39, 0.29) is 29.4 Å². The van der Waals surface area contributed by atoms with Gasteiger partial charge in [0.1, 0.15) is 17.5 Å². The Balaban J connectivity index is 2.15. The van der Waals surface area contributed by atoms with Crippen molar-refractivity contribution in [1.82, 2.24) is 19.6 Å². The van der Waals surface area contributed by atoms with Gasteiger partial charge >= 0.3 is 5.97 Å². The van der Waals surface area contributed by atoms with Gasteiger partial charge in [-0.2, -0.15) is 4.37 Å². The number of aromatic nitrogens is 2. The van der Waals surface area contributed by atoms with Crippen molar-refractivity contribution in [3.8, 4) is 11.5 Å². The number of hydrogen-bond acceptors (Lipinski definition) is 11. The van der Waals surface area contributed by atoms with Crippen molar-refractivity contribution in [2.24, 2.45) is 5.73 Å². The van der Waals surface area contributed by atoms with Gasteiger partial charge in [-0.1, -0.05) is 12.1 Å². The Morgan fingerprint density at radius 3 is 2.46 bits per heavy atom. The molecule has 39 heavy (non-hydrogen) atoms. The number of nitrogens with zero attached hydrogens (tertiary/aromatic N) is 3. The highest BCUT2D eigenvalue weighted by atomic mass is 32.1. The van der Waals surface area contributed by atoms with Crippen LogP contribution in [0.5, 0.6) is 11.5 Å². The zero-order chi connectivity index (χ0) is 28.5. The first-order valence-electron chi connectivity index (χ1n) is 11.6. The minimum absolute atomic E-state index is 0.0867. The van der Waals surface area contributed by atoms with Gasteiger partial charge in [0, 0.05) is 18.9 Å². The van der Waals surface area contributed by atoms with Crippen LogP contribution in [0.4, 0.5) is 5.69 Å². The Kier molecular flexibility index (Phi) is 9.75. The first-order valence-corrected chi connectivity index (χ1v) is 12.4. The Hall–Kier alpha value is -4.72. The number of benzene rings is 1. The molecule has 2 heterocycles. The maximum Gasteiger partial charge on any atom is 0.325 e. The molecule has 3 amide bonds. The van der Waals surface area contributed by atoms with Crippen LogP contribution in [0.1, 0.15) is 44.3 Å². The number of esters is 1. The summed E-state index contributed by atoms with van der Waals surface area (Å²) in [6.45, 7) is 1.24. The van der Waals surface area contributed by atoms with Gasteiger partial charge < -0.3 is 35.9 Å². The van der Waals surface area contributed by atoms with Crippen molar-refractivity contribution >= 4 is 40.9 Å². The molecule has 0 saturated heterocycles. The summed E-state index contributed by atoms with van der Waals surface area (Å²) < 4.78 is 19.5. The first-order chi connectivity index (χ1) is 18.7. The summed E-state index contributed by atoms with van der Waals surface area (Å²) in [5, 5.41) is 2.53. The summed E-state index contributed by atoms with van der Waals surface area (Å²) in [6.07, 6.45) is 3.10. The number of rotatable bonds is 12. The smallest absolute Gasteiger partial charge is 0.325 e. The molecule has 3 rings (SSSR count). The van der Waals surface area contributed by atoms with Gasteiger partial charge in [-0.3, -0.25) is 24.2 Å². The monoisotopic (exact) mass is 556 g/mol. The average Bonchev–Trinajstić information content (AvgIpc) is 3.33.